The second kappa shape index (κ2) is 8.49. The minimum absolute atomic E-state index is 0.176. The fourth-order valence-corrected chi connectivity index (χ4v) is 2.63. The monoisotopic (exact) mass is 340 g/mol. The van der Waals surface area contributed by atoms with Crippen molar-refractivity contribution in [2.24, 2.45) is 5.92 Å². The zero-order valence-electron chi connectivity index (χ0n) is 14.8. The molecule has 1 aromatic carbocycles. The Kier molecular flexibility index (Phi) is 6.37. The van der Waals surface area contributed by atoms with E-state index in [0.717, 1.165) is 11.1 Å². The molecular weight excluding hydrogens is 316 g/mol. The van der Waals surface area contributed by atoms with Gasteiger partial charge in [-0.1, -0.05) is 35.9 Å². The first-order valence-electron chi connectivity index (χ1n) is 8.20. The second-order valence-electron chi connectivity index (χ2n) is 6.24. The van der Waals surface area contributed by atoms with Crippen molar-refractivity contribution in [1.29, 1.82) is 0 Å². The van der Waals surface area contributed by atoms with Crippen molar-refractivity contribution in [3.63, 3.8) is 0 Å². The van der Waals surface area contributed by atoms with Gasteiger partial charge < -0.3 is 14.9 Å². The summed E-state index contributed by atoms with van der Waals surface area (Å²) >= 11 is 0. The fourth-order valence-electron chi connectivity index (χ4n) is 2.63. The molecule has 0 aliphatic heterocycles. The van der Waals surface area contributed by atoms with Gasteiger partial charge in [0.2, 0.25) is 0 Å². The lowest BCUT2D eigenvalue weighted by molar-refractivity contribution is -0.119. The van der Waals surface area contributed by atoms with E-state index in [2.05, 4.69) is 0 Å². The van der Waals surface area contributed by atoms with Gasteiger partial charge >= 0.3 is 0 Å². The lowest BCUT2D eigenvalue weighted by Gasteiger charge is -2.25. The van der Waals surface area contributed by atoms with Gasteiger partial charge in [0.1, 0.15) is 11.5 Å². The number of rotatable bonds is 6. The molecule has 132 valence electrons. The number of aliphatic hydroxyl groups excluding tert-OH is 1. The third kappa shape index (κ3) is 4.94. The molecule has 0 aromatic heterocycles. The van der Waals surface area contributed by atoms with Crippen molar-refractivity contribution < 1.29 is 19.7 Å². The van der Waals surface area contributed by atoms with Crippen LogP contribution in [0.2, 0.25) is 0 Å². The number of aromatic hydroxyl groups is 1. The summed E-state index contributed by atoms with van der Waals surface area (Å²) in [5.74, 6) is -0.0265. The average Bonchev–Trinajstić information content (AvgIpc) is 2.59. The van der Waals surface area contributed by atoms with Gasteiger partial charge in [-0.3, -0.25) is 4.79 Å². The standard InChI is InChI=1S/C21H24O4/c1-14(2)4-10-18-20(25-3)13-11-17(21(18)24)19(23)12-7-15-5-8-16(22)9-6-15/h4-9,11-13,17,21-22,24H,10H2,1-3H3. The third-order valence-electron chi connectivity index (χ3n) is 4.08. The molecule has 0 bridgehead atoms. The van der Waals surface area contributed by atoms with Crippen molar-refractivity contribution in [3.05, 3.63) is 71.0 Å². The highest BCUT2D eigenvalue weighted by molar-refractivity contribution is 5.97. The van der Waals surface area contributed by atoms with Gasteiger partial charge in [-0.25, -0.2) is 0 Å². The number of benzene rings is 1. The smallest absolute Gasteiger partial charge is 0.165 e. The number of allylic oxidation sites excluding steroid dienone is 4. The molecule has 4 heteroatoms. The average molecular weight is 340 g/mol. The summed E-state index contributed by atoms with van der Waals surface area (Å²) in [5.41, 5.74) is 2.65. The minimum atomic E-state index is -0.910. The predicted molar refractivity (Wildman–Crippen MR) is 98.9 cm³/mol. The molecule has 0 radical (unpaired) electrons. The Morgan fingerprint density at radius 2 is 1.92 bits per heavy atom. The summed E-state index contributed by atoms with van der Waals surface area (Å²) in [6, 6.07) is 6.56. The van der Waals surface area contributed by atoms with E-state index in [1.165, 1.54) is 6.08 Å². The van der Waals surface area contributed by atoms with Crippen LogP contribution in [0.5, 0.6) is 5.75 Å². The summed E-state index contributed by atoms with van der Waals surface area (Å²) < 4.78 is 5.33. The molecule has 0 saturated carbocycles. The minimum Gasteiger partial charge on any atom is -0.508 e. The molecule has 1 aliphatic carbocycles. The first-order valence-corrected chi connectivity index (χ1v) is 8.20. The maximum atomic E-state index is 12.5. The van der Waals surface area contributed by atoms with Gasteiger partial charge in [0.05, 0.1) is 19.1 Å². The van der Waals surface area contributed by atoms with E-state index in [-0.39, 0.29) is 11.5 Å². The summed E-state index contributed by atoms with van der Waals surface area (Å²) in [6.07, 6.45) is 8.20. The summed E-state index contributed by atoms with van der Waals surface area (Å²) in [5, 5.41) is 19.9. The van der Waals surface area contributed by atoms with E-state index in [4.69, 9.17) is 4.74 Å². The number of hydrogen-bond donors (Lipinski definition) is 2. The summed E-state index contributed by atoms with van der Waals surface area (Å²) in [4.78, 5) is 12.5. The van der Waals surface area contributed by atoms with Crippen LogP contribution >= 0.6 is 0 Å². The Morgan fingerprint density at radius 1 is 1.24 bits per heavy atom. The highest BCUT2D eigenvalue weighted by Gasteiger charge is 2.30. The molecule has 0 spiro atoms. The molecule has 4 nitrogen and oxygen atoms in total. The van der Waals surface area contributed by atoms with E-state index >= 15 is 0 Å². The number of hydrogen-bond acceptors (Lipinski definition) is 4. The number of carbonyl (C=O) groups is 1. The Bertz CT molecular complexity index is 732. The van der Waals surface area contributed by atoms with Crippen LogP contribution in [0, 0.1) is 5.92 Å². The van der Waals surface area contributed by atoms with E-state index in [1.54, 1.807) is 49.6 Å². The maximum Gasteiger partial charge on any atom is 0.165 e. The number of carbonyl (C=O) groups excluding carboxylic acids is 1. The summed E-state index contributed by atoms with van der Waals surface area (Å²) in [7, 11) is 1.56. The molecular formula is C21H24O4. The number of phenols is 1. The fraction of sp³-hybridized carbons (Fsp3) is 0.286. The van der Waals surface area contributed by atoms with Crippen LogP contribution < -0.4 is 0 Å². The molecule has 2 N–H and O–H groups in total. The van der Waals surface area contributed by atoms with Crippen molar-refractivity contribution in [2.45, 2.75) is 26.4 Å². The number of ether oxygens (including phenoxy) is 1. The third-order valence-corrected chi connectivity index (χ3v) is 4.08. The zero-order valence-corrected chi connectivity index (χ0v) is 14.8. The lowest BCUT2D eigenvalue weighted by Crippen LogP contribution is -2.30. The Morgan fingerprint density at radius 3 is 2.52 bits per heavy atom. The van der Waals surface area contributed by atoms with Crippen LogP contribution in [0.1, 0.15) is 25.8 Å². The van der Waals surface area contributed by atoms with E-state index < -0.39 is 12.0 Å². The van der Waals surface area contributed by atoms with Crippen LogP contribution in [0.4, 0.5) is 0 Å². The van der Waals surface area contributed by atoms with Gasteiger partial charge in [-0.15, -0.1) is 0 Å². The molecule has 0 fully saturated rings. The number of methoxy groups -OCH3 is 1. The van der Waals surface area contributed by atoms with E-state index in [1.807, 2.05) is 19.9 Å². The van der Waals surface area contributed by atoms with Gasteiger partial charge in [0.25, 0.3) is 0 Å². The first-order chi connectivity index (χ1) is 11.9. The number of phenolic OH excluding ortho intramolecular Hbond substituents is 1. The Labute approximate surface area is 148 Å². The van der Waals surface area contributed by atoms with Crippen molar-refractivity contribution in [3.8, 4) is 5.75 Å². The highest BCUT2D eigenvalue weighted by atomic mass is 16.5. The quantitative estimate of drug-likeness (QED) is 0.611. The van der Waals surface area contributed by atoms with Crippen LogP contribution in [0.25, 0.3) is 6.08 Å². The molecule has 2 rings (SSSR count). The highest BCUT2D eigenvalue weighted by Crippen LogP contribution is 2.29. The number of ketones is 1. The van der Waals surface area contributed by atoms with Crippen LogP contribution in [0.15, 0.2) is 65.5 Å². The van der Waals surface area contributed by atoms with Crippen molar-refractivity contribution in [1.82, 2.24) is 0 Å². The van der Waals surface area contributed by atoms with E-state index in [9.17, 15) is 15.0 Å². The molecule has 2 atom stereocenters. The van der Waals surface area contributed by atoms with Gasteiger partial charge in [-0.2, -0.15) is 0 Å². The normalized spacial score (nSPS) is 20.0. The molecule has 0 saturated heterocycles. The van der Waals surface area contributed by atoms with Crippen LogP contribution in [-0.4, -0.2) is 29.2 Å². The zero-order chi connectivity index (χ0) is 18.4. The predicted octanol–water partition coefficient (Wildman–Crippen LogP) is 3.78. The molecule has 2 unspecified atom stereocenters. The summed E-state index contributed by atoms with van der Waals surface area (Å²) in [6.45, 7) is 3.97. The lowest BCUT2D eigenvalue weighted by atomic mass is 9.85. The van der Waals surface area contributed by atoms with Crippen molar-refractivity contribution in [2.75, 3.05) is 7.11 Å². The van der Waals surface area contributed by atoms with Crippen LogP contribution in [-0.2, 0) is 9.53 Å². The second-order valence-corrected chi connectivity index (χ2v) is 6.24. The maximum absolute atomic E-state index is 12.5. The SMILES string of the molecule is COC1=C(CC=C(C)C)C(O)C(C(=O)C=Cc2ccc(O)cc2)C=C1. The first kappa shape index (κ1) is 18.7. The van der Waals surface area contributed by atoms with Gasteiger partial charge in [0.15, 0.2) is 5.78 Å². The molecule has 0 heterocycles. The molecule has 1 aromatic rings. The van der Waals surface area contributed by atoms with Crippen molar-refractivity contribution >= 4 is 11.9 Å². The molecule has 1 aliphatic rings. The van der Waals surface area contributed by atoms with E-state index in [0.29, 0.717) is 17.8 Å². The Balaban J connectivity index is 2.15. The largest absolute Gasteiger partial charge is 0.508 e. The van der Waals surface area contributed by atoms with Gasteiger partial charge in [-0.05, 0) is 50.1 Å². The number of aliphatic hydroxyl groups is 1. The topological polar surface area (TPSA) is 66.8 Å². The molecule has 25 heavy (non-hydrogen) atoms. The van der Waals surface area contributed by atoms with Crippen LogP contribution in [0.3, 0.4) is 0 Å². The Hall–Kier alpha value is -2.59. The molecule has 0 amide bonds. The van der Waals surface area contributed by atoms with Gasteiger partial charge in [0, 0.05) is 5.57 Å².